The molecule has 0 fully saturated rings. The lowest BCUT2D eigenvalue weighted by atomic mass is 9.99. The maximum atomic E-state index is 6.02. The van der Waals surface area contributed by atoms with Crippen molar-refractivity contribution in [3.8, 4) is 5.75 Å². The van der Waals surface area contributed by atoms with E-state index in [4.69, 9.17) is 4.74 Å². The van der Waals surface area contributed by atoms with E-state index in [0.717, 1.165) is 51.1 Å². The van der Waals surface area contributed by atoms with E-state index in [1.54, 1.807) is 0 Å². The minimum atomic E-state index is 0.758. The minimum Gasteiger partial charge on any atom is -0.493 e. The molecule has 0 atom stereocenters. The van der Waals surface area contributed by atoms with Crippen molar-refractivity contribution in [2.45, 2.75) is 53.4 Å². The Morgan fingerprint density at radius 2 is 1.82 bits per heavy atom. The highest BCUT2D eigenvalue weighted by molar-refractivity contribution is 5.88. The quantitative estimate of drug-likeness (QED) is 0.574. The summed E-state index contributed by atoms with van der Waals surface area (Å²) in [6.07, 6.45) is 4.30. The molecule has 0 saturated carbocycles. The van der Waals surface area contributed by atoms with Gasteiger partial charge >= 0.3 is 0 Å². The highest BCUT2D eigenvalue weighted by Gasteiger charge is 2.16. The second-order valence-corrected chi connectivity index (χ2v) is 7.39. The lowest BCUT2D eigenvalue weighted by Crippen LogP contribution is -2.16. The molecule has 2 heterocycles. The summed E-state index contributed by atoms with van der Waals surface area (Å²) in [6.45, 7) is 11.1. The topological polar surface area (TPSA) is 37.0 Å². The molecule has 1 aromatic heterocycles. The molecule has 1 aliphatic heterocycles. The molecule has 28 heavy (non-hydrogen) atoms. The van der Waals surface area contributed by atoms with Crippen LogP contribution in [0, 0.1) is 13.8 Å². The van der Waals surface area contributed by atoms with E-state index in [1.165, 1.54) is 38.9 Å². The fourth-order valence-electron chi connectivity index (χ4n) is 4.10. The van der Waals surface area contributed by atoms with Crippen LogP contribution in [-0.4, -0.2) is 24.7 Å². The molecule has 1 aliphatic rings. The summed E-state index contributed by atoms with van der Waals surface area (Å²) < 4.78 is 6.02. The summed E-state index contributed by atoms with van der Waals surface area (Å²) in [5.74, 6) is 1.01. The molecular formula is C25H34N2O. The van der Waals surface area contributed by atoms with Crippen molar-refractivity contribution in [1.82, 2.24) is 10.3 Å². The number of aromatic nitrogens is 1. The maximum absolute atomic E-state index is 6.02. The Labute approximate surface area is 169 Å². The van der Waals surface area contributed by atoms with E-state index in [0.29, 0.717) is 0 Å². The number of H-pyrrole nitrogens is 1. The summed E-state index contributed by atoms with van der Waals surface area (Å²) in [5, 5.41) is 4.96. The van der Waals surface area contributed by atoms with Crippen molar-refractivity contribution in [2.24, 2.45) is 0 Å². The Morgan fingerprint density at radius 1 is 1.00 bits per heavy atom. The second-order valence-electron chi connectivity index (χ2n) is 7.39. The van der Waals surface area contributed by atoms with E-state index in [2.05, 4.69) is 60.5 Å². The molecule has 0 unspecified atom stereocenters. The Bertz CT molecular complexity index is 910. The summed E-state index contributed by atoms with van der Waals surface area (Å²) in [6, 6.07) is 13.1. The van der Waals surface area contributed by atoms with Crippen molar-refractivity contribution < 1.29 is 4.74 Å². The number of rotatable bonds is 5. The predicted octanol–water partition coefficient (Wildman–Crippen LogP) is 5.51. The first-order chi connectivity index (χ1) is 13.7. The zero-order chi connectivity index (χ0) is 19.9. The first kappa shape index (κ1) is 20.5. The van der Waals surface area contributed by atoms with E-state index in [-0.39, 0.29) is 0 Å². The van der Waals surface area contributed by atoms with Crippen molar-refractivity contribution in [3.05, 3.63) is 64.3 Å². The predicted molar refractivity (Wildman–Crippen MR) is 120 cm³/mol. The number of fused-ring (bicyclic) bond motifs is 3. The summed E-state index contributed by atoms with van der Waals surface area (Å²) in [7, 11) is 0. The van der Waals surface area contributed by atoms with Crippen LogP contribution in [0.25, 0.3) is 10.9 Å². The first-order valence-corrected chi connectivity index (χ1v) is 10.7. The molecule has 0 radical (unpaired) electrons. The van der Waals surface area contributed by atoms with E-state index in [9.17, 15) is 0 Å². The van der Waals surface area contributed by atoms with Gasteiger partial charge in [-0.05, 0) is 68.5 Å². The van der Waals surface area contributed by atoms with Gasteiger partial charge in [0.05, 0.1) is 6.61 Å². The van der Waals surface area contributed by atoms with Crippen molar-refractivity contribution in [1.29, 1.82) is 0 Å². The van der Waals surface area contributed by atoms with Gasteiger partial charge in [0.15, 0.2) is 0 Å². The lowest BCUT2D eigenvalue weighted by Gasteiger charge is -2.10. The number of aromatic amines is 1. The largest absolute Gasteiger partial charge is 0.493 e. The zero-order valence-electron chi connectivity index (χ0n) is 17.8. The third kappa shape index (κ3) is 4.59. The van der Waals surface area contributed by atoms with Gasteiger partial charge in [-0.15, -0.1) is 0 Å². The van der Waals surface area contributed by atoms with Crippen molar-refractivity contribution in [3.63, 3.8) is 0 Å². The maximum Gasteiger partial charge on any atom is 0.122 e. The highest BCUT2D eigenvalue weighted by atomic mass is 16.5. The standard InChI is InChI=1S/C23H28N2O.C2H6/c1-16-8-9-22(17(2)15-16)26-14-4-6-18-5-3-7-21-23(18)19-10-12-24-13-11-20(19)25-21;1-2/h3,5,7-9,15,24-25H,4,6,10-14H2,1-2H3;1-2H3. The molecule has 3 nitrogen and oxygen atoms in total. The van der Waals surface area contributed by atoms with Gasteiger partial charge in [-0.25, -0.2) is 0 Å². The van der Waals surface area contributed by atoms with Gasteiger partial charge in [0.1, 0.15) is 5.75 Å². The van der Waals surface area contributed by atoms with Crippen LogP contribution >= 0.6 is 0 Å². The number of hydrogen-bond donors (Lipinski definition) is 2. The van der Waals surface area contributed by atoms with Crippen LogP contribution < -0.4 is 10.1 Å². The third-order valence-electron chi connectivity index (χ3n) is 5.38. The second kappa shape index (κ2) is 9.79. The third-order valence-corrected chi connectivity index (χ3v) is 5.38. The molecule has 0 amide bonds. The zero-order valence-corrected chi connectivity index (χ0v) is 17.8. The SMILES string of the molecule is CC.Cc1ccc(OCCCc2cccc3[nH]c4c(c23)CCNCC4)c(C)c1. The van der Waals surface area contributed by atoms with Gasteiger partial charge in [-0.3, -0.25) is 0 Å². The summed E-state index contributed by atoms with van der Waals surface area (Å²) in [4.78, 5) is 3.65. The van der Waals surface area contributed by atoms with E-state index >= 15 is 0 Å². The van der Waals surface area contributed by atoms with Gasteiger partial charge in [-0.1, -0.05) is 43.7 Å². The van der Waals surface area contributed by atoms with Crippen LogP contribution in [0.15, 0.2) is 36.4 Å². The monoisotopic (exact) mass is 378 g/mol. The van der Waals surface area contributed by atoms with E-state index < -0.39 is 0 Å². The Balaban J connectivity index is 0.00000109. The van der Waals surface area contributed by atoms with Crippen LogP contribution in [0.2, 0.25) is 0 Å². The van der Waals surface area contributed by atoms with Crippen molar-refractivity contribution >= 4 is 10.9 Å². The molecule has 3 heteroatoms. The van der Waals surface area contributed by atoms with Gasteiger partial charge in [0.2, 0.25) is 0 Å². The first-order valence-electron chi connectivity index (χ1n) is 10.7. The van der Waals surface area contributed by atoms with Crippen LogP contribution in [0.3, 0.4) is 0 Å². The van der Waals surface area contributed by atoms with Gasteiger partial charge in [0.25, 0.3) is 0 Å². The van der Waals surface area contributed by atoms with Gasteiger partial charge in [-0.2, -0.15) is 0 Å². The lowest BCUT2D eigenvalue weighted by molar-refractivity contribution is 0.309. The summed E-state index contributed by atoms with van der Waals surface area (Å²) in [5.41, 5.74) is 8.19. The number of benzene rings is 2. The molecule has 0 saturated heterocycles. The number of aryl methyl sites for hydroxylation is 3. The number of nitrogens with one attached hydrogen (secondary N) is 2. The van der Waals surface area contributed by atoms with Gasteiger partial charge in [0, 0.05) is 29.6 Å². The van der Waals surface area contributed by atoms with E-state index in [1.807, 2.05) is 13.8 Å². The van der Waals surface area contributed by atoms with Crippen LogP contribution in [-0.2, 0) is 19.3 Å². The molecule has 4 rings (SSSR count). The molecule has 0 bridgehead atoms. The summed E-state index contributed by atoms with van der Waals surface area (Å²) >= 11 is 0. The number of hydrogen-bond acceptors (Lipinski definition) is 2. The molecule has 0 aliphatic carbocycles. The van der Waals surface area contributed by atoms with Crippen LogP contribution in [0.4, 0.5) is 0 Å². The fourth-order valence-corrected chi connectivity index (χ4v) is 4.10. The molecule has 0 spiro atoms. The minimum absolute atomic E-state index is 0.758. The molecular weight excluding hydrogens is 344 g/mol. The highest BCUT2D eigenvalue weighted by Crippen LogP contribution is 2.28. The smallest absolute Gasteiger partial charge is 0.122 e. The molecule has 2 aromatic carbocycles. The Morgan fingerprint density at radius 3 is 2.64 bits per heavy atom. The van der Waals surface area contributed by atoms with Gasteiger partial charge < -0.3 is 15.0 Å². The normalized spacial score (nSPS) is 13.4. The average molecular weight is 379 g/mol. The van der Waals surface area contributed by atoms with Crippen molar-refractivity contribution in [2.75, 3.05) is 19.7 Å². The van der Waals surface area contributed by atoms with Crippen LogP contribution in [0.1, 0.15) is 48.2 Å². The average Bonchev–Trinajstić information content (AvgIpc) is 2.90. The molecule has 2 N–H and O–H groups in total. The number of ether oxygens (including phenoxy) is 1. The van der Waals surface area contributed by atoms with Crippen LogP contribution in [0.5, 0.6) is 5.75 Å². The molecule has 150 valence electrons. The fraction of sp³-hybridized carbons (Fsp3) is 0.440. The molecule has 3 aromatic rings. The Hall–Kier alpha value is -2.26. The Kier molecular flexibility index (Phi) is 7.16.